The van der Waals surface area contributed by atoms with Gasteiger partial charge < -0.3 is 4.74 Å². The third-order valence-corrected chi connectivity index (χ3v) is 4.73. The number of methoxy groups -OCH3 is 1. The standard InChI is InChI=1S/C23H17FO2/c1-26-17-12-10-15(11-13-17)14-19-21(16-6-3-2-4-7-16)18-8-5-9-20(24)22(18)23(19)25/h2-14,21H,1H3/b19-14+/t21-/m1/s1. The Morgan fingerprint density at radius 1 is 0.923 bits per heavy atom. The SMILES string of the molecule is COc1ccc(/C=C2/C(=O)c3c(F)cccc3[C@H]2c2ccccc2)cc1. The van der Waals surface area contributed by atoms with E-state index in [-0.39, 0.29) is 17.3 Å². The lowest BCUT2D eigenvalue weighted by Crippen LogP contribution is -2.02. The van der Waals surface area contributed by atoms with Gasteiger partial charge in [0.25, 0.3) is 0 Å². The van der Waals surface area contributed by atoms with Crippen molar-refractivity contribution in [2.75, 3.05) is 7.11 Å². The lowest BCUT2D eigenvalue weighted by atomic mass is 9.89. The van der Waals surface area contributed by atoms with E-state index in [4.69, 9.17) is 4.74 Å². The van der Waals surface area contributed by atoms with Crippen molar-refractivity contribution < 1.29 is 13.9 Å². The van der Waals surface area contributed by atoms with Crippen molar-refractivity contribution in [3.8, 4) is 5.75 Å². The van der Waals surface area contributed by atoms with Crippen LogP contribution in [0.25, 0.3) is 6.08 Å². The normalized spacial score (nSPS) is 17.4. The van der Waals surface area contributed by atoms with Crippen LogP contribution in [0.5, 0.6) is 5.75 Å². The minimum Gasteiger partial charge on any atom is -0.497 e. The summed E-state index contributed by atoms with van der Waals surface area (Å²) >= 11 is 0. The van der Waals surface area contributed by atoms with Gasteiger partial charge in [-0.25, -0.2) is 4.39 Å². The van der Waals surface area contributed by atoms with Crippen LogP contribution >= 0.6 is 0 Å². The summed E-state index contributed by atoms with van der Waals surface area (Å²) in [5, 5.41) is 0. The number of ketones is 1. The first-order chi connectivity index (χ1) is 12.7. The molecule has 128 valence electrons. The number of rotatable bonds is 3. The molecule has 0 saturated carbocycles. The van der Waals surface area contributed by atoms with Gasteiger partial charge in [-0.05, 0) is 41.0 Å². The van der Waals surface area contributed by atoms with Gasteiger partial charge in [0.15, 0.2) is 5.78 Å². The van der Waals surface area contributed by atoms with Crippen LogP contribution in [-0.4, -0.2) is 12.9 Å². The predicted octanol–water partition coefficient (Wildman–Crippen LogP) is 5.25. The van der Waals surface area contributed by atoms with Crippen LogP contribution in [0.15, 0.2) is 78.4 Å². The molecule has 1 atom stereocenters. The molecular formula is C23H17FO2. The molecule has 26 heavy (non-hydrogen) atoms. The molecule has 2 nitrogen and oxygen atoms in total. The van der Waals surface area contributed by atoms with Gasteiger partial charge in [0, 0.05) is 11.5 Å². The van der Waals surface area contributed by atoms with Gasteiger partial charge in [-0.2, -0.15) is 0 Å². The Bertz CT molecular complexity index is 988. The number of allylic oxidation sites excluding steroid dienone is 1. The zero-order valence-electron chi connectivity index (χ0n) is 14.3. The summed E-state index contributed by atoms with van der Waals surface area (Å²) in [6.07, 6.45) is 1.85. The van der Waals surface area contributed by atoms with Crippen molar-refractivity contribution in [2.45, 2.75) is 5.92 Å². The maximum absolute atomic E-state index is 14.4. The maximum atomic E-state index is 14.4. The molecule has 3 aromatic rings. The van der Waals surface area contributed by atoms with Gasteiger partial charge in [0.05, 0.1) is 12.7 Å². The largest absolute Gasteiger partial charge is 0.497 e. The second-order valence-electron chi connectivity index (χ2n) is 6.25. The molecule has 0 spiro atoms. The summed E-state index contributed by atoms with van der Waals surface area (Å²) in [4.78, 5) is 13.0. The molecule has 1 aliphatic carbocycles. The molecule has 0 heterocycles. The fraction of sp³-hybridized carbons (Fsp3) is 0.0870. The van der Waals surface area contributed by atoms with E-state index in [9.17, 15) is 9.18 Å². The monoisotopic (exact) mass is 344 g/mol. The maximum Gasteiger partial charge on any atom is 0.193 e. The van der Waals surface area contributed by atoms with Gasteiger partial charge >= 0.3 is 0 Å². The number of halogens is 1. The summed E-state index contributed by atoms with van der Waals surface area (Å²) in [5.41, 5.74) is 3.34. The lowest BCUT2D eigenvalue weighted by Gasteiger charge is -2.14. The summed E-state index contributed by atoms with van der Waals surface area (Å²) in [5.74, 6) is -0.232. The number of ether oxygens (including phenoxy) is 1. The highest BCUT2D eigenvalue weighted by Gasteiger charge is 2.37. The molecule has 4 rings (SSSR count). The fourth-order valence-electron chi connectivity index (χ4n) is 3.50. The Labute approximate surface area is 151 Å². The first kappa shape index (κ1) is 16.3. The summed E-state index contributed by atoms with van der Waals surface area (Å²) in [6, 6.07) is 22.0. The Morgan fingerprint density at radius 3 is 2.35 bits per heavy atom. The van der Waals surface area contributed by atoms with E-state index in [0.29, 0.717) is 5.57 Å². The zero-order valence-corrected chi connectivity index (χ0v) is 14.3. The summed E-state index contributed by atoms with van der Waals surface area (Å²) < 4.78 is 19.6. The van der Waals surface area contributed by atoms with Crippen LogP contribution in [0, 0.1) is 5.82 Å². The number of fused-ring (bicyclic) bond motifs is 1. The van der Waals surface area contributed by atoms with Gasteiger partial charge in [-0.3, -0.25) is 4.79 Å². The topological polar surface area (TPSA) is 26.3 Å². The number of Topliss-reactive ketones (excluding diaryl/α,β-unsaturated/α-hetero) is 1. The van der Waals surface area contributed by atoms with E-state index in [1.165, 1.54) is 6.07 Å². The van der Waals surface area contributed by atoms with E-state index in [2.05, 4.69) is 0 Å². The molecule has 0 radical (unpaired) electrons. The number of hydrogen-bond donors (Lipinski definition) is 0. The van der Waals surface area contributed by atoms with Gasteiger partial charge in [-0.15, -0.1) is 0 Å². The summed E-state index contributed by atoms with van der Waals surface area (Å²) in [7, 11) is 1.61. The van der Waals surface area contributed by atoms with Crippen molar-refractivity contribution in [1.82, 2.24) is 0 Å². The molecular weight excluding hydrogens is 327 g/mol. The Kier molecular flexibility index (Phi) is 4.13. The van der Waals surface area contributed by atoms with Gasteiger partial charge in [0.2, 0.25) is 0 Å². The van der Waals surface area contributed by atoms with Crippen LogP contribution in [0.2, 0.25) is 0 Å². The highest BCUT2D eigenvalue weighted by Crippen LogP contribution is 2.43. The Morgan fingerprint density at radius 2 is 1.65 bits per heavy atom. The average Bonchev–Trinajstić information content (AvgIpc) is 2.96. The van der Waals surface area contributed by atoms with E-state index >= 15 is 0 Å². The first-order valence-corrected chi connectivity index (χ1v) is 8.42. The van der Waals surface area contributed by atoms with E-state index in [1.54, 1.807) is 13.2 Å². The third-order valence-electron chi connectivity index (χ3n) is 4.73. The molecule has 1 aliphatic rings. The molecule has 0 amide bonds. The van der Waals surface area contributed by atoms with Crippen LogP contribution < -0.4 is 4.74 Å². The number of benzene rings is 3. The molecule has 0 unspecified atom stereocenters. The van der Waals surface area contributed by atoms with Crippen molar-refractivity contribution in [3.63, 3.8) is 0 Å². The number of carbonyl (C=O) groups is 1. The van der Waals surface area contributed by atoms with Gasteiger partial charge in [-0.1, -0.05) is 54.6 Å². The highest BCUT2D eigenvalue weighted by atomic mass is 19.1. The smallest absolute Gasteiger partial charge is 0.193 e. The summed E-state index contributed by atoms with van der Waals surface area (Å²) in [6.45, 7) is 0. The molecule has 0 fully saturated rings. The van der Waals surface area contributed by atoms with Crippen LogP contribution in [0.1, 0.15) is 33.0 Å². The molecule has 0 aromatic heterocycles. The van der Waals surface area contributed by atoms with Crippen molar-refractivity contribution in [2.24, 2.45) is 0 Å². The first-order valence-electron chi connectivity index (χ1n) is 8.42. The predicted molar refractivity (Wildman–Crippen MR) is 100.0 cm³/mol. The molecule has 3 heteroatoms. The Balaban J connectivity index is 1.88. The molecule has 3 aromatic carbocycles. The van der Waals surface area contributed by atoms with Crippen molar-refractivity contribution >= 4 is 11.9 Å². The molecule has 0 saturated heterocycles. The van der Waals surface area contributed by atoms with Crippen molar-refractivity contribution in [1.29, 1.82) is 0 Å². The average molecular weight is 344 g/mol. The second kappa shape index (κ2) is 6.60. The lowest BCUT2D eigenvalue weighted by molar-refractivity contribution is 0.103. The molecule has 0 bridgehead atoms. The minimum absolute atomic E-state index is 0.182. The zero-order chi connectivity index (χ0) is 18.1. The van der Waals surface area contributed by atoms with E-state index in [1.807, 2.05) is 66.7 Å². The highest BCUT2D eigenvalue weighted by molar-refractivity contribution is 6.17. The van der Waals surface area contributed by atoms with Crippen LogP contribution in [0.4, 0.5) is 4.39 Å². The van der Waals surface area contributed by atoms with E-state index < -0.39 is 5.82 Å². The number of hydrogen-bond acceptors (Lipinski definition) is 2. The second-order valence-corrected chi connectivity index (χ2v) is 6.25. The van der Waals surface area contributed by atoms with Crippen molar-refractivity contribution in [3.05, 3.63) is 106 Å². The quantitative estimate of drug-likeness (QED) is 0.607. The fourth-order valence-corrected chi connectivity index (χ4v) is 3.50. The molecule has 0 aliphatic heterocycles. The number of carbonyl (C=O) groups excluding carboxylic acids is 1. The van der Waals surface area contributed by atoms with Crippen LogP contribution in [0.3, 0.4) is 0 Å². The van der Waals surface area contributed by atoms with Crippen LogP contribution in [-0.2, 0) is 0 Å². The minimum atomic E-state index is -0.466. The Hall–Kier alpha value is -3.20. The third kappa shape index (κ3) is 2.72. The molecule has 0 N–H and O–H groups in total. The van der Waals surface area contributed by atoms with E-state index in [0.717, 1.165) is 22.4 Å². The van der Waals surface area contributed by atoms with Gasteiger partial charge in [0.1, 0.15) is 11.6 Å².